The summed E-state index contributed by atoms with van der Waals surface area (Å²) in [5, 5.41) is 0.568. The summed E-state index contributed by atoms with van der Waals surface area (Å²) in [7, 11) is -7.48. The molecule has 0 radical (unpaired) electrons. The molecule has 0 saturated carbocycles. The van der Waals surface area contributed by atoms with Gasteiger partial charge in [-0.3, -0.25) is 9.97 Å². The molecule has 10 heteroatoms. The van der Waals surface area contributed by atoms with E-state index in [9.17, 15) is 16.8 Å². The molecule has 1 aliphatic rings. The predicted octanol–water partition coefficient (Wildman–Crippen LogP) is 1.63. The molecule has 0 aliphatic carbocycles. The van der Waals surface area contributed by atoms with E-state index in [1.165, 1.54) is 27.1 Å². The van der Waals surface area contributed by atoms with Gasteiger partial charge in [-0.2, -0.15) is 8.61 Å². The molecule has 0 atom stereocenters. The van der Waals surface area contributed by atoms with Gasteiger partial charge in [-0.15, -0.1) is 0 Å². The number of hydrogen-bond donors (Lipinski definition) is 0. The Labute approximate surface area is 169 Å². The Hall–Kier alpha value is -2.40. The van der Waals surface area contributed by atoms with Crippen molar-refractivity contribution in [3.63, 3.8) is 0 Å². The highest BCUT2D eigenvalue weighted by Crippen LogP contribution is 2.28. The maximum atomic E-state index is 13.3. The summed E-state index contributed by atoms with van der Waals surface area (Å²) < 4.78 is 54.6. The van der Waals surface area contributed by atoms with Crippen LogP contribution in [-0.4, -0.2) is 61.6 Å². The second-order valence-corrected chi connectivity index (χ2v) is 10.6. The van der Waals surface area contributed by atoms with Gasteiger partial charge < -0.3 is 0 Å². The van der Waals surface area contributed by atoms with Crippen molar-refractivity contribution in [2.45, 2.75) is 16.7 Å². The summed E-state index contributed by atoms with van der Waals surface area (Å²) in [5.41, 5.74) is 1.54. The van der Waals surface area contributed by atoms with Gasteiger partial charge in [0, 0.05) is 50.2 Å². The monoisotopic (exact) mass is 432 g/mol. The van der Waals surface area contributed by atoms with E-state index >= 15 is 0 Å². The average Bonchev–Trinajstić information content (AvgIpc) is 2.75. The van der Waals surface area contributed by atoms with Crippen molar-refractivity contribution in [3.8, 4) is 0 Å². The number of aryl methyl sites for hydroxylation is 1. The van der Waals surface area contributed by atoms with Crippen LogP contribution in [0.5, 0.6) is 0 Å². The van der Waals surface area contributed by atoms with Crippen LogP contribution in [0.1, 0.15) is 5.56 Å². The standard InChI is InChI=1S/C19H20N4O4S2/c1-15-6-7-18(17-5-3-9-21-19(15)17)29(26,27)23-12-10-22(11-13-23)28(24,25)16-4-2-8-20-14-16/h2-9,14H,10-13H2,1H3. The zero-order valence-corrected chi connectivity index (χ0v) is 17.4. The molecule has 4 rings (SSSR count). The molecule has 152 valence electrons. The van der Waals surface area contributed by atoms with E-state index in [1.54, 1.807) is 36.5 Å². The normalized spacial score (nSPS) is 16.9. The molecule has 0 N–H and O–H groups in total. The van der Waals surface area contributed by atoms with Crippen molar-refractivity contribution in [1.29, 1.82) is 0 Å². The van der Waals surface area contributed by atoms with Gasteiger partial charge in [0.05, 0.1) is 10.4 Å². The van der Waals surface area contributed by atoms with Crippen LogP contribution < -0.4 is 0 Å². The highest BCUT2D eigenvalue weighted by molar-refractivity contribution is 7.89. The molecule has 0 amide bonds. The number of piperazine rings is 1. The van der Waals surface area contributed by atoms with E-state index < -0.39 is 20.0 Å². The van der Waals surface area contributed by atoms with E-state index in [-0.39, 0.29) is 36.0 Å². The zero-order valence-electron chi connectivity index (χ0n) is 15.8. The lowest BCUT2D eigenvalue weighted by molar-refractivity contribution is 0.273. The molecule has 1 aliphatic heterocycles. The number of pyridine rings is 2. The van der Waals surface area contributed by atoms with Gasteiger partial charge in [0.15, 0.2) is 0 Å². The van der Waals surface area contributed by atoms with E-state index in [2.05, 4.69) is 9.97 Å². The number of aromatic nitrogens is 2. The third-order valence-electron chi connectivity index (χ3n) is 5.02. The van der Waals surface area contributed by atoms with Gasteiger partial charge in [-0.1, -0.05) is 6.07 Å². The highest BCUT2D eigenvalue weighted by atomic mass is 32.2. The number of hydrogen-bond acceptors (Lipinski definition) is 6. The Morgan fingerprint density at radius 3 is 2.14 bits per heavy atom. The lowest BCUT2D eigenvalue weighted by Gasteiger charge is -2.33. The first kappa shape index (κ1) is 19.9. The van der Waals surface area contributed by atoms with E-state index in [1.807, 2.05) is 6.92 Å². The fourth-order valence-electron chi connectivity index (χ4n) is 3.45. The highest BCUT2D eigenvalue weighted by Gasteiger charge is 2.34. The molecule has 29 heavy (non-hydrogen) atoms. The molecule has 3 heterocycles. The molecule has 8 nitrogen and oxygen atoms in total. The molecular weight excluding hydrogens is 412 g/mol. The minimum atomic E-state index is -3.78. The minimum Gasteiger partial charge on any atom is -0.263 e. The molecule has 1 fully saturated rings. The Morgan fingerprint density at radius 1 is 0.828 bits per heavy atom. The first-order chi connectivity index (χ1) is 13.8. The second-order valence-electron chi connectivity index (χ2n) is 6.78. The third-order valence-corrected chi connectivity index (χ3v) is 8.86. The second kappa shape index (κ2) is 7.45. The zero-order chi connectivity index (χ0) is 20.6. The van der Waals surface area contributed by atoms with Gasteiger partial charge in [0.1, 0.15) is 4.90 Å². The lowest BCUT2D eigenvalue weighted by atomic mass is 10.1. The summed E-state index contributed by atoms with van der Waals surface area (Å²) in [6.45, 7) is 2.21. The van der Waals surface area contributed by atoms with Gasteiger partial charge in [0.2, 0.25) is 20.0 Å². The number of sulfonamides is 2. The van der Waals surface area contributed by atoms with Crippen LogP contribution in [0.25, 0.3) is 10.9 Å². The molecular formula is C19H20N4O4S2. The Morgan fingerprint density at radius 2 is 1.48 bits per heavy atom. The Balaban J connectivity index is 1.60. The van der Waals surface area contributed by atoms with Crippen LogP contribution in [-0.2, 0) is 20.0 Å². The first-order valence-corrected chi connectivity index (χ1v) is 11.9. The smallest absolute Gasteiger partial charge is 0.244 e. The van der Waals surface area contributed by atoms with Gasteiger partial charge in [-0.05, 0) is 42.8 Å². The van der Waals surface area contributed by atoms with Crippen molar-refractivity contribution in [2.75, 3.05) is 26.2 Å². The number of fused-ring (bicyclic) bond motifs is 1. The molecule has 0 bridgehead atoms. The van der Waals surface area contributed by atoms with Crippen LogP contribution in [0.15, 0.2) is 64.8 Å². The van der Waals surface area contributed by atoms with Crippen LogP contribution in [0.2, 0.25) is 0 Å². The summed E-state index contributed by atoms with van der Waals surface area (Å²) in [5.74, 6) is 0. The lowest BCUT2D eigenvalue weighted by Crippen LogP contribution is -2.50. The SMILES string of the molecule is Cc1ccc(S(=O)(=O)N2CCN(S(=O)(=O)c3cccnc3)CC2)c2cccnc12. The topological polar surface area (TPSA) is 101 Å². The van der Waals surface area contributed by atoms with E-state index in [0.717, 1.165) is 5.56 Å². The molecule has 3 aromatic rings. The summed E-state index contributed by atoms with van der Waals surface area (Å²) in [6.07, 6.45) is 4.43. The van der Waals surface area contributed by atoms with Gasteiger partial charge >= 0.3 is 0 Å². The third kappa shape index (κ3) is 3.52. The fourth-order valence-corrected chi connectivity index (χ4v) is 6.44. The maximum Gasteiger partial charge on any atom is 0.244 e. The van der Waals surface area contributed by atoms with Crippen molar-refractivity contribution in [2.24, 2.45) is 0 Å². The summed E-state index contributed by atoms with van der Waals surface area (Å²) in [6, 6.07) is 9.82. The van der Waals surface area contributed by atoms with Crippen LogP contribution in [0.3, 0.4) is 0 Å². The number of rotatable bonds is 4. The van der Waals surface area contributed by atoms with E-state index in [0.29, 0.717) is 10.9 Å². The van der Waals surface area contributed by atoms with Gasteiger partial charge in [-0.25, -0.2) is 16.8 Å². The van der Waals surface area contributed by atoms with Crippen molar-refractivity contribution in [3.05, 3.63) is 60.6 Å². The number of benzene rings is 1. The molecule has 0 unspecified atom stereocenters. The quantitative estimate of drug-likeness (QED) is 0.621. The van der Waals surface area contributed by atoms with Crippen molar-refractivity contribution < 1.29 is 16.8 Å². The maximum absolute atomic E-state index is 13.3. The van der Waals surface area contributed by atoms with Crippen molar-refractivity contribution in [1.82, 2.24) is 18.6 Å². The van der Waals surface area contributed by atoms with Gasteiger partial charge in [0.25, 0.3) is 0 Å². The number of nitrogens with zero attached hydrogens (tertiary/aromatic N) is 4. The van der Waals surface area contributed by atoms with Crippen LogP contribution in [0, 0.1) is 6.92 Å². The average molecular weight is 433 g/mol. The fraction of sp³-hybridized carbons (Fsp3) is 0.263. The van der Waals surface area contributed by atoms with Crippen LogP contribution in [0.4, 0.5) is 0 Å². The van der Waals surface area contributed by atoms with Crippen LogP contribution >= 0.6 is 0 Å². The Bertz CT molecular complexity index is 1250. The minimum absolute atomic E-state index is 0.0808. The first-order valence-electron chi connectivity index (χ1n) is 9.06. The van der Waals surface area contributed by atoms with Crippen molar-refractivity contribution >= 4 is 30.9 Å². The summed E-state index contributed by atoms with van der Waals surface area (Å²) >= 11 is 0. The largest absolute Gasteiger partial charge is 0.263 e. The molecule has 1 aromatic carbocycles. The summed E-state index contributed by atoms with van der Waals surface area (Å²) in [4.78, 5) is 8.45. The van der Waals surface area contributed by atoms with E-state index in [4.69, 9.17) is 0 Å². The molecule has 1 saturated heterocycles. The Kier molecular flexibility index (Phi) is 5.11. The predicted molar refractivity (Wildman–Crippen MR) is 108 cm³/mol. The molecule has 0 spiro atoms. The molecule has 2 aromatic heterocycles.